The van der Waals surface area contributed by atoms with Gasteiger partial charge in [0.05, 0.1) is 6.10 Å². The Hall–Kier alpha value is -1.13. The maximum absolute atomic E-state index is 13.6. The van der Waals surface area contributed by atoms with E-state index in [1.165, 1.54) is 0 Å². The number of methoxy groups -OCH3 is 1. The lowest BCUT2D eigenvalue weighted by Crippen LogP contribution is -2.22. The van der Waals surface area contributed by atoms with Crippen LogP contribution in [0.3, 0.4) is 0 Å². The predicted molar refractivity (Wildman–Crippen MR) is 71.4 cm³/mol. The van der Waals surface area contributed by atoms with Gasteiger partial charge >= 0.3 is 0 Å². The van der Waals surface area contributed by atoms with Gasteiger partial charge in [-0.25, -0.2) is 4.39 Å². The number of halogens is 1. The minimum atomic E-state index is -0.165. The summed E-state index contributed by atoms with van der Waals surface area (Å²) in [4.78, 5) is 2.19. The van der Waals surface area contributed by atoms with Crippen molar-refractivity contribution in [2.24, 2.45) is 0 Å². The lowest BCUT2D eigenvalue weighted by molar-refractivity contribution is 0.121. The van der Waals surface area contributed by atoms with Gasteiger partial charge in [0.25, 0.3) is 0 Å². The second-order valence-corrected chi connectivity index (χ2v) is 4.69. The topological polar surface area (TPSA) is 24.5 Å². The van der Waals surface area contributed by atoms with Crippen molar-refractivity contribution >= 4 is 5.69 Å². The molecule has 1 N–H and O–H groups in total. The minimum absolute atomic E-state index is 0.165. The zero-order valence-corrected chi connectivity index (χ0v) is 11.1. The van der Waals surface area contributed by atoms with E-state index >= 15 is 0 Å². The molecule has 4 heteroatoms. The van der Waals surface area contributed by atoms with Gasteiger partial charge in [0, 0.05) is 32.4 Å². The van der Waals surface area contributed by atoms with Crippen LogP contribution in [0, 0.1) is 5.82 Å². The van der Waals surface area contributed by atoms with Crippen molar-refractivity contribution < 1.29 is 9.13 Å². The van der Waals surface area contributed by atoms with E-state index in [1.807, 2.05) is 6.92 Å². The highest BCUT2D eigenvalue weighted by Crippen LogP contribution is 2.24. The number of benzene rings is 1. The predicted octanol–water partition coefficient (Wildman–Crippen LogP) is 2.16. The van der Waals surface area contributed by atoms with E-state index in [4.69, 9.17) is 4.74 Å². The Labute approximate surface area is 108 Å². The molecule has 1 fully saturated rings. The molecule has 3 nitrogen and oxygen atoms in total. The molecular weight excluding hydrogens is 231 g/mol. The molecule has 1 saturated heterocycles. The van der Waals surface area contributed by atoms with E-state index in [0.29, 0.717) is 6.54 Å². The minimum Gasteiger partial charge on any atom is -0.380 e. The van der Waals surface area contributed by atoms with E-state index in [0.717, 1.165) is 37.3 Å². The van der Waals surface area contributed by atoms with E-state index in [-0.39, 0.29) is 11.9 Å². The number of nitrogens with zero attached hydrogens (tertiary/aromatic N) is 1. The average Bonchev–Trinajstić information content (AvgIpc) is 2.84. The molecule has 0 spiro atoms. The van der Waals surface area contributed by atoms with Crippen molar-refractivity contribution in [1.29, 1.82) is 0 Å². The standard InChI is InChI=1S/C14H21FN2O/c1-3-16-9-11-6-12(15)8-13(7-11)17-5-4-14(10-17)18-2/h6-8,14,16H,3-5,9-10H2,1-2H3. The van der Waals surface area contributed by atoms with Gasteiger partial charge in [-0.3, -0.25) is 0 Å². The first-order valence-electron chi connectivity index (χ1n) is 6.51. The van der Waals surface area contributed by atoms with Crippen LogP contribution in [-0.2, 0) is 11.3 Å². The highest BCUT2D eigenvalue weighted by molar-refractivity contribution is 5.50. The highest BCUT2D eigenvalue weighted by Gasteiger charge is 2.22. The molecule has 100 valence electrons. The third-order valence-corrected chi connectivity index (χ3v) is 3.36. The van der Waals surface area contributed by atoms with Crippen LogP contribution in [0.15, 0.2) is 18.2 Å². The highest BCUT2D eigenvalue weighted by atomic mass is 19.1. The van der Waals surface area contributed by atoms with Crippen LogP contribution in [0.5, 0.6) is 0 Å². The summed E-state index contributed by atoms with van der Waals surface area (Å²) in [5.41, 5.74) is 1.95. The average molecular weight is 252 g/mol. The maximum atomic E-state index is 13.6. The van der Waals surface area contributed by atoms with Crippen molar-refractivity contribution in [2.75, 3.05) is 31.6 Å². The third kappa shape index (κ3) is 3.21. The van der Waals surface area contributed by atoms with Crippen molar-refractivity contribution in [3.05, 3.63) is 29.6 Å². The van der Waals surface area contributed by atoms with Crippen molar-refractivity contribution in [3.63, 3.8) is 0 Å². The van der Waals surface area contributed by atoms with Crippen LogP contribution >= 0.6 is 0 Å². The van der Waals surface area contributed by atoms with Gasteiger partial charge in [0.15, 0.2) is 0 Å². The monoisotopic (exact) mass is 252 g/mol. The maximum Gasteiger partial charge on any atom is 0.125 e. The summed E-state index contributed by atoms with van der Waals surface area (Å²) >= 11 is 0. The molecular formula is C14H21FN2O. The first-order valence-corrected chi connectivity index (χ1v) is 6.51. The summed E-state index contributed by atoms with van der Waals surface area (Å²) < 4.78 is 18.9. The molecule has 0 bridgehead atoms. The van der Waals surface area contributed by atoms with Crippen LogP contribution in [0.1, 0.15) is 18.9 Å². The van der Waals surface area contributed by atoms with Crippen LogP contribution in [0.2, 0.25) is 0 Å². The Kier molecular flexibility index (Phi) is 4.55. The third-order valence-electron chi connectivity index (χ3n) is 3.36. The zero-order valence-electron chi connectivity index (χ0n) is 11.1. The summed E-state index contributed by atoms with van der Waals surface area (Å²) in [6, 6.07) is 5.26. The van der Waals surface area contributed by atoms with Gasteiger partial charge in [-0.1, -0.05) is 6.92 Å². The molecule has 1 aromatic rings. The number of nitrogens with one attached hydrogen (secondary N) is 1. The summed E-state index contributed by atoms with van der Waals surface area (Å²) in [7, 11) is 1.73. The number of ether oxygens (including phenoxy) is 1. The fraction of sp³-hybridized carbons (Fsp3) is 0.571. The van der Waals surface area contributed by atoms with Crippen molar-refractivity contribution in [1.82, 2.24) is 5.32 Å². The summed E-state index contributed by atoms with van der Waals surface area (Å²) in [5.74, 6) is -0.165. The molecule has 18 heavy (non-hydrogen) atoms. The van der Waals surface area contributed by atoms with Gasteiger partial charge in [0.1, 0.15) is 5.82 Å². The number of rotatable bonds is 5. The summed E-state index contributed by atoms with van der Waals surface area (Å²) in [6.45, 7) is 5.43. The molecule has 0 saturated carbocycles. The first kappa shape index (κ1) is 13.3. The number of anilines is 1. The molecule has 1 unspecified atom stereocenters. The zero-order chi connectivity index (χ0) is 13.0. The van der Waals surface area contributed by atoms with Gasteiger partial charge < -0.3 is 15.0 Å². The molecule has 1 aliphatic rings. The first-order chi connectivity index (χ1) is 8.72. The molecule has 1 aromatic carbocycles. The Morgan fingerprint density at radius 2 is 2.28 bits per heavy atom. The van der Waals surface area contributed by atoms with E-state index < -0.39 is 0 Å². The molecule has 0 aliphatic carbocycles. The number of hydrogen-bond donors (Lipinski definition) is 1. The van der Waals surface area contributed by atoms with Gasteiger partial charge in [-0.05, 0) is 36.7 Å². The quantitative estimate of drug-likeness (QED) is 0.869. The Bertz CT molecular complexity index is 397. The molecule has 0 amide bonds. The van der Waals surface area contributed by atoms with Crippen LogP contribution in [0.25, 0.3) is 0 Å². The second-order valence-electron chi connectivity index (χ2n) is 4.69. The fourth-order valence-corrected chi connectivity index (χ4v) is 2.34. The molecule has 0 aromatic heterocycles. The largest absolute Gasteiger partial charge is 0.380 e. The Balaban J connectivity index is 2.10. The second kappa shape index (κ2) is 6.16. The lowest BCUT2D eigenvalue weighted by atomic mass is 10.2. The molecule has 1 heterocycles. The lowest BCUT2D eigenvalue weighted by Gasteiger charge is -2.19. The van der Waals surface area contributed by atoms with E-state index in [2.05, 4.69) is 16.3 Å². The molecule has 1 aliphatic heterocycles. The Morgan fingerprint density at radius 1 is 1.44 bits per heavy atom. The molecule has 1 atom stereocenters. The SMILES string of the molecule is CCNCc1cc(F)cc(N2CCC(OC)C2)c1. The normalized spacial score (nSPS) is 19.5. The summed E-state index contributed by atoms with van der Waals surface area (Å²) in [5, 5.41) is 3.22. The Morgan fingerprint density at radius 3 is 2.94 bits per heavy atom. The van der Waals surface area contributed by atoms with Crippen LogP contribution < -0.4 is 10.2 Å². The summed E-state index contributed by atoms with van der Waals surface area (Å²) in [6.07, 6.45) is 1.28. The van der Waals surface area contributed by atoms with Crippen LogP contribution in [-0.4, -0.2) is 32.8 Å². The van der Waals surface area contributed by atoms with Gasteiger partial charge in [-0.2, -0.15) is 0 Å². The smallest absolute Gasteiger partial charge is 0.125 e. The van der Waals surface area contributed by atoms with Gasteiger partial charge in [-0.15, -0.1) is 0 Å². The number of hydrogen-bond acceptors (Lipinski definition) is 3. The molecule has 0 radical (unpaired) electrons. The fourth-order valence-electron chi connectivity index (χ4n) is 2.34. The van der Waals surface area contributed by atoms with Crippen molar-refractivity contribution in [2.45, 2.75) is 26.0 Å². The van der Waals surface area contributed by atoms with Crippen molar-refractivity contribution in [3.8, 4) is 0 Å². The van der Waals surface area contributed by atoms with E-state index in [9.17, 15) is 4.39 Å². The van der Waals surface area contributed by atoms with Crippen LogP contribution in [0.4, 0.5) is 10.1 Å². The molecule has 2 rings (SSSR count). The van der Waals surface area contributed by atoms with E-state index in [1.54, 1.807) is 19.2 Å². The van der Waals surface area contributed by atoms with Gasteiger partial charge in [0.2, 0.25) is 0 Å².